The van der Waals surface area contributed by atoms with E-state index in [9.17, 15) is 0 Å². The number of rotatable bonds is 4. The molecule has 0 unspecified atom stereocenters. The van der Waals surface area contributed by atoms with Gasteiger partial charge in [-0.05, 0) is 66.1 Å². The second-order valence-electron chi connectivity index (χ2n) is 5.85. The van der Waals surface area contributed by atoms with Crippen LogP contribution in [0.3, 0.4) is 0 Å². The van der Waals surface area contributed by atoms with Crippen molar-refractivity contribution in [3.63, 3.8) is 0 Å². The van der Waals surface area contributed by atoms with Gasteiger partial charge in [0.2, 0.25) is 0 Å². The Kier molecular flexibility index (Phi) is 5.18. The number of ether oxygens (including phenoxy) is 1. The van der Waals surface area contributed by atoms with Gasteiger partial charge in [-0.3, -0.25) is 0 Å². The maximum absolute atomic E-state index is 5.55. The average Bonchev–Trinajstić information content (AvgIpc) is 2.61. The summed E-state index contributed by atoms with van der Waals surface area (Å²) in [6.45, 7) is 4.88. The Morgan fingerprint density at radius 1 is 0.750 bits per heavy atom. The molecule has 0 heterocycles. The monoisotopic (exact) mass is 314 g/mol. The minimum atomic E-state index is 0.687. The normalized spacial score (nSPS) is 10.2. The Morgan fingerprint density at radius 3 is 2.17 bits per heavy atom. The molecule has 120 valence electrons. The van der Waals surface area contributed by atoms with Crippen LogP contribution in [-0.4, -0.2) is 6.61 Å². The van der Waals surface area contributed by atoms with E-state index in [1.165, 1.54) is 22.8 Å². The third kappa shape index (κ3) is 3.97. The Balaban J connectivity index is 1.81. The predicted octanol–water partition coefficient (Wildman–Crippen LogP) is 5.59. The first-order valence-corrected chi connectivity index (χ1v) is 8.56. The van der Waals surface area contributed by atoms with E-state index in [2.05, 4.69) is 73.4 Å². The standard InChI is InChI=1S/C23H22O/c1-3-5-18-6-8-19(9-7-18)10-11-20-12-13-22-17-23(24-4-2)15-14-21(22)16-20/h6-9,12-17H,3-5H2,1-2H3. The largest absolute Gasteiger partial charge is 0.494 e. The van der Waals surface area contributed by atoms with Gasteiger partial charge < -0.3 is 4.74 Å². The third-order valence-corrected chi connectivity index (χ3v) is 3.97. The molecular weight excluding hydrogens is 292 g/mol. The molecule has 0 amide bonds. The number of aryl methyl sites for hydroxylation is 1. The molecule has 24 heavy (non-hydrogen) atoms. The van der Waals surface area contributed by atoms with Crippen LogP contribution in [0, 0.1) is 11.8 Å². The van der Waals surface area contributed by atoms with Gasteiger partial charge in [0.1, 0.15) is 5.75 Å². The zero-order valence-electron chi connectivity index (χ0n) is 14.3. The number of hydrogen-bond acceptors (Lipinski definition) is 1. The summed E-state index contributed by atoms with van der Waals surface area (Å²) in [5, 5.41) is 2.36. The quantitative estimate of drug-likeness (QED) is 0.570. The Labute approximate surface area is 144 Å². The van der Waals surface area contributed by atoms with Crippen LogP contribution >= 0.6 is 0 Å². The lowest BCUT2D eigenvalue weighted by Crippen LogP contribution is -1.90. The minimum absolute atomic E-state index is 0.687. The maximum Gasteiger partial charge on any atom is 0.119 e. The van der Waals surface area contributed by atoms with Gasteiger partial charge in [-0.25, -0.2) is 0 Å². The van der Waals surface area contributed by atoms with Crippen molar-refractivity contribution in [3.8, 4) is 17.6 Å². The van der Waals surface area contributed by atoms with Crippen LogP contribution < -0.4 is 4.74 Å². The SMILES string of the molecule is CCCc1ccc(C#Cc2ccc3cc(OCC)ccc3c2)cc1. The Bertz CT molecular complexity index is 879. The molecule has 0 radical (unpaired) electrons. The molecule has 0 aliphatic rings. The van der Waals surface area contributed by atoms with Crippen LogP contribution in [0.1, 0.15) is 37.0 Å². The van der Waals surface area contributed by atoms with Crippen LogP contribution in [0.2, 0.25) is 0 Å². The van der Waals surface area contributed by atoms with E-state index in [4.69, 9.17) is 4.74 Å². The molecule has 0 atom stereocenters. The number of hydrogen-bond donors (Lipinski definition) is 0. The highest BCUT2D eigenvalue weighted by atomic mass is 16.5. The first-order chi connectivity index (χ1) is 11.8. The van der Waals surface area contributed by atoms with Crippen molar-refractivity contribution in [1.29, 1.82) is 0 Å². The van der Waals surface area contributed by atoms with E-state index in [0.29, 0.717) is 6.61 Å². The molecule has 1 heteroatoms. The van der Waals surface area contributed by atoms with Crippen molar-refractivity contribution >= 4 is 10.8 Å². The van der Waals surface area contributed by atoms with Crippen molar-refractivity contribution in [3.05, 3.63) is 77.4 Å². The molecule has 0 aliphatic carbocycles. The molecule has 3 aromatic carbocycles. The summed E-state index contributed by atoms with van der Waals surface area (Å²) in [5.74, 6) is 7.43. The molecular formula is C23H22O. The van der Waals surface area contributed by atoms with E-state index < -0.39 is 0 Å². The summed E-state index contributed by atoms with van der Waals surface area (Å²) in [6.07, 6.45) is 2.30. The van der Waals surface area contributed by atoms with Crippen LogP contribution in [0.5, 0.6) is 5.75 Å². The van der Waals surface area contributed by atoms with Gasteiger partial charge in [-0.1, -0.05) is 49.5 Å². The van der Waals surface area contributed by atoms with Crippen LogP contribution in [0.4, 0.5) is 0 Å². The molecule has 0 N–H and O–H groups in total. The zero-order valence-corrected chi connectivity index (χ0v) is 14.3. The lowest BCUT2D eigenvalue weighted by atomic mass is 10.1. The summed E-state index contributed by atoms with van der Waals surface area (Å²) in [4.78, 5) is 0. The molecule has 3 aromatic rings. The average molecular weight is 314 g/mol. The fourth-order valence-electron chi connectivity index (χ4n) is 2.75. The topological polar surface area (TPSA) is 9.23 Å². The van der Waals surface area contributed by atoms with Crippen LogP contribution in [-0.2, 0) is 6.42 Å². The highest BCUT2D eigenvalue weighted by Gasteiger charge is 1.98. The molecule has 1 nitrogen and oxygen atoms in total. The third-order valence-electron chi connectivity index (χ3n) is 3.97. The molecule has 0 bridgehead atoms. The highest BCUT2D eigenvalue weighted by molar-refractivity contribution is 5.85. The molecule has 0 aromatic heterocycles. The fourth-order valence-corrected chi connectivity index (χ4v) is 2.75. The summed E-state index contributed by atoms with van der Waals surface area (Å²) < 4.78 is 5.55. The lowest BCUT2D eigenvalue weighted by Gasteiger charge is -2.04. The van der Waals surface area contributed by atoms with Crippen molar-refractivity contribution in [2.24, 2.45) is 0 Å². The van der Waals surface area contributed by atoms with Gasteiger partial charge in [0.15, 0.2) is 0 Å². The molecule has 0 spiro atoms. The summed E-state index contributed by atoms with van der Waals surface area (Å²) >= 11 is 0. The van der Waals surface area contributed by atoms with E-state index >= 15 is 0 Å². The smallest absolute Gasteiger partial charge is 0.119 e. The first-order valence-electron chi connectivity index (χ1n) is 8.56. The lowest BCUT2D eigenvalue weighted by molar-refractivity contribution is 0.341. The van der Waals surface area contributed by atoms with Gasteiger partial charge >= 0.3 is 0 Å². The zero-order chi connectivity index (χ0) is 16.8. The highest BCUT2D eigenvalue weighted by Crippen LogP contribution is 2.22. The van der Waals surface area contributed by atoms with Crippen molar-refractivity contribution in [2.45, 2.75) is 26.7 Å². The molecule has 0 saturated heterocycles. The Morgan fingerprint density at radius 2 is 1.42 bits per heavy atom. The second kappa shape index (κ2) is 7.70. The van der Waals surface area contributed by atoms with Crippen LogP contribution in [0.25, 0.3) is 10.8 Å². The van der Waals surface area contributed by atoms with Gasteiger partial charge in [0, 0.05) is 11.1 Å². The van der Waals surface area contributed by atoms with Crippen molar-refractivity contribution in [2.75, 3.05) is 6.61 Å². The van der Waals surface area contributed by atoms with Crippen molar-refractivity contribution < 1.29 is 4.74 Å². The molecule has 3 rings (SSSR count). The van der Waals surface area contributed by atoms with Crippen LogP contribution in [0.15, 0.2) is 60.7 Å². The minimum Gasteiger partial charge on any atom is -0.494 e. The van der Waals surface area contributed by atoms with Gasteiger partial charge in [-0.2, -0.15) is 0 Å². The number of benzene rings is 3. The van der Waals surface area contributed by atoms with Gasteiger partial charge in [0.25, 0.3) is 0 Å². The first kappa shape index (κ1) is 16.1. The van der Waals surface area contributed by atoms with Gasteiger partial charge in [-0.15, -0.1) is 0 Å². The molecule has 0 aliphatic heterocycles. The summed E-state index contributed by atoms with van der Waals surface area (Å²) in [5.41, 5.74) is 3.46. The fraction of sp³-hybridized carbons (Fsp3) is 0.217. The van der Waals surface area contributed by atoms with E-state index in [-0.39, 0.29) is 0 Å². The van der Waals surface area contributed by atoms with Gasteiger partial charge in [0.05, 0.1) is 6.61 Å². The number of fused-ring (bicyclic) bond motifs is 1. The van der Waals surface area contributed by atoms with Crippen molar-refractivity contribution in [1.82, 2.24) is 0 Å². The maximum atomic E-state index is 5.55. The van der Waals surface area contributed by atoms with E-state index in [1.54, 1.807) is 0 Å². The molecule has 0 saturated carbocycles. The summed E-state index contributed by atoms with van der Waals surface area (Å²) in [6, 6.07) is 21.0. The predicted molar refractivity (Wildman–Crippen MR) is 102 cm³/mol. The molecule has 0 fully saturated rings. The Hall–Kier alpha value is -2.72. The van der Waals surface area contributed by atoms with E-state index in [1.807, 2.05) is 13.0 Å². The second-order valence-corrected chi connectivity index (χ2v) is 5.85. The summed E-state index contributed by atoms with van der Waals surface area (Å²) in [7, 11) is 0. The van der Waals surface area contributed by atoms with E-state index in [0.717, 1.165) is 23.3 Å².